The first-order chi connectivity index (χ1) is 16.6. The summed E-state index contributed by atoms with van der Waals surface area (Å²) in [5, 5.41) is 11.9. The Kier molecular flexibility index (Phi) is 5.61. The van der Waals surface area contributed by atoms with Gasteiger partial charge in [0.2, 0.25) is 0 Å². The Balaban J connectivity index is 1.41. The largest absolute Gasteiger partial charge is 0.324 e. The van der Waals surface area contributed by atoms with Gasteiger partial charge < -0.3 is 9.88 Å². The van der Waals surface area contributed by atoms with Crippen molar-refractivity contribution in [2.24, 2.45) is 0 Å². The molecule has 166 valence electrons. The van der Waals surface area contributed by atoms with Crippen molar-refractivity contribution in [2.75, 3.05) is 5.32 Å². The van der Waals surface area contributed by atoms with E-state index in [4.69, 9.17) is 0 Å². The smallest absolute Gasteiger partial charge is 0.300 e. The molecule has 0 saturated carbocycles. The minimum Gasteiger partial charge on any atom is -0.324 e. The van der Waals surface area contributed by atoms with Gasteiger partial charge in [-0.2, -0.15) is 10.2 Å². The van der Waals surface area contributed by atoms with Crippen LogP contribution >= 0.6 is 0 Å². The second-order valence-electron chi connectivity index (χ2n) is 7.78. The maximum absolute atomic E-state index is 12.9. The normalized spacial score (nSPS) is 10.9. The van der Waals surface area contributed by atoms with Crippen LogP contribution < -0.4 is 5.32 Å². The van der Waals surface area contributed by atoms with E-state index in [0.717, 1.165) is 33.2 Å². The standard InChI is InChI=1S/C26H20N6O2/c1-17-20(21-14-29-31-22-10-6-5-9-19(21)22)13-27-15-23(17)30-26(34)24(33)25-28-11-12-32(25)16-18-7-3-2-4-8-18/h2-15H,16H2,1H3,(H,30,34). The summed E-state index contributed by atoms with van der Waals surface area (Å²) in [5.41, 5.74) is 4.60. The van der Waals surface area contributed by atoms with E-state index in [1.807, 2.05) is 61.5 Å². The van der Waals surface area contributed by atoms with Gasteiger partial charge in [-0.1, -0.05) is 48.5 Å². The van der Waals surface area contributed by atoms with Gasteiger partial charge in [0.15, 0.2) is 5.82 Å². The fraction of sp³-hybridized carbons (Fsp3) is 0.0769. The number of nitrogens with zero attached hydrogens (tertiary/aromatic N) is 5. The van der Waals surface area contributed by atoms with Crippen molar-refractivity contribution in [3.05, 3.63) is 103 Å². The Hall–Kier alpha value is -4.72. The van der Waals surface area contributed by atoms with Crippen LogP contribution in [0, 0.1) is 6.92 Å². The van der Waals surface area contributed by atoms with E-state index in [9.17, 15) is 9.59 Å². The van der Waals surface area contributed by atoms with Gasteiger partial charge in [-0.25, -0.2) is 4.98 Å². The van der Waals surface area contributed by atoms with Gasteiger partial charge >= 0.3 is 0 Å². The molecule has 0 bridgehead atoms. The lowest BCUT2D eigenvalue weighted by Gasteiger charge is -2.13. The second-order valence-corrected chi connectivity index (χ2v) is 7.78. The van der Waals surface area contributed by atoms with Crippen molar-refractivity contribution in [1.82, 2.24) is 24.7 Å². The maximum atomic E-state index is 12.9. The third kappa shape index (κ3) is 4.04. The maximum Gasteiger partial charge on any atom is 0.300 e. The van der Waals surface area contributed by atoms with Gasteiger partial charge in [0.05, 0.1) is 23.6 Å². The molecule has 0 atom stereocenters. The third-order valence-corrected chi connectivity index (χ3v) is 5.62. The molecule has 5 aromatic rings. The summed E-state index contributed by atoms with van der Waals surface area (Å²) >= 11 is 0. The number of carbonyl (C=O) groups excluding carboxylic acids is 2. The SMILES string of the molecule is Cc1c(NC(=O)C(=O)c2nccn2Cc2ccccc2)cncc1-c1cnnc2ccccc12. The zero-order valence-corrected chi connectivity index (χ0v) is 18.3. The van der Waals surface area contributed by atoms with Crippen LogP contribution in [0.2, 0.25) is 0 Å². The topological polar surface area (TPSA) is 103 Å². The Morgan fingerprint density at radius 3 is 2.59 bits per heavy atom. The van der Waals surface area contributed by atoms with E-state index in [2.05, 4.69) is 25.5 Å². The molecular weight excluding hydrogens is 428 g/mol. The number of nitrogens with one attached hydrogen (secondary N) is 1. The van der Waals surface area contributed by atoms with Gasteiger partial charge in [0, 0.05) is 41.6 Å². The number of Topliss-reactive ketones (excluding diaryl/α,β-unsaturated/α-hetero) is 1. The highest BCUT2D eigenvalue weighted by molar-refractivity contribution is 6.45. The number of imidazole rings is 1. The van der Waals surface area contributed by atoms with Crippen LogP contribution in [0.15, 0.2) is 85.6 Å². The van der Waals surface area contributed by atoms with E-state index in [-0.39, 0.29) is 5.82 Å². The predicted octanol–water partition coefficient (Wildman–Crippen LogP) is 4.07. The summed E-state index contributed by atoms with van der Waals surface area (Å²) in [6.07, 6.45) is 8.10. The lowest BCUT2D eigenvalue weighted by atomic mass is 9.99. The first kappa shape index (κ1) is 21.1. The summed E-state index contributed by atoms with van der Waals surface area (Å²) in [5.74, 6) is -1.42. The van der Waals surface area contributed by atoms with Crippen molar-refractivity contribution in [1.29, 1.82) is 0 Å². The first-order valence-corrected chi connectivity index (χ1v) is 10.7. The molecule has 3 heterocycles. The minimum atomic E-state index is -0.778. The number of carbonyl (C=O) groups is 2. The van der Waals surface area contributed by atoms with Crippen molar-refractivity contribution in [3.8, 4) is 11.1 Å². The summed E-state index contributed by atoms with van der Waals surface area (Å²) in [7, 11) is 0. The van der Waals surface area contributed by atoms with Gasteiger partial charge in [-0.15, -0.1) is 0 Å². The minimum absolute atomic E-state index is 0.0763. The molecule has 0 radical (unpaired) electrons. The molecule has 3 aromatic heterocycles. The summed E-state index contributed by atoms with van der Waals surface area (Å²) in [6, 6.07) is 17.3. The number of pyridine rings is 1. The van der Waals surface area contributed by atoms with E-state index in [1.54, 1.807) is 23.2 Å². The van der Waals surface area contributed by atoms with E-state index in [1.165, 1.54) is 12.4 Å². The van der Waals surface area contributed by atoms with Crippen molar-refractivity contribution in [3.63, 3.8) is 0 Å². The monoisotopic (exact) mass is 448 g/mol. The average molecular weight is 448 g/mol. The quantitative estimate of drug-likeness (QED) is 0.310. The molecule has 2 aromatic carbocycles. The summed E-state index contributed by atoms with van der Waals surface area (Å²) in [6.45, 7) is 2.30. The first-order valence-electron chi connectivity index (χ1n) is 10.7. The molecule has 0 aliphatic rings. The van der Waals surface area contributed by atoms with Crippen LogP contribution in [0.3, 0.4) is 0 Å². The van der Waals surface area contributed by atoms with Crippen molar-refractivity contribution >= 4 is 28.3 Å². The van der Waals surface area contributed by atoms with Crippen LogP contribution in [0.4, 0.5) is 5.69 Å². The lowest BCUT2D eigenvalue weighted by molar-refractivity contribution is -0.112. The number of amides is 1. The molecular formula is C26H20N6O2. The van der Waals surface area contributed by atoms with Crippen LogP contribution in [-0.2, 0) is 11.3 Å². The Bertz CT molecular complexity index is 1510. The van der Waals surface area contributed by atoms with Gasteiger partial charge in [0.25, 0.3) is 11.7 Å². The number of hydrogen-bond acceptors (Lipinski definition) is 6. The number of rotatable bonds is 6. The van der Waals surface area contributed by atoms with E-state index >= 15 is 0 Å². The fourth-order valence-electron chi connectivity index (χ4n) is 3.85. The number of anilines is 1. The van der Waals surface area contributed by atoms with Crippen LogP contribution in [-0.4, -0.2) is 36.4 Å². The average Bonchev–Trinajstić information content (AvgIpc) is 3.33. The van der Waals surface area contributed by atoms with Crippen LogP contribution in [0.5, 0.6) is 0 Å². The highest BCUT2D eigenvalue weighted by Gasteiger charge is 2.23. The lowest BCUT2D eigenvalue weighted by Crippen LogP contribution is -2.26. The third-order valence-electron chi connectivity index (χ3n) is 5.62. The van der Waals surface area contributed by atoms with E-state index in [0.29, 0.717) is 12.2 Å². The molecule has 0 fully saturated rings. The number of benzene rings is 2. The number of aromatic nitrogens is 5. The van der Waals surface area contributed by atoms with E-state index < -0.39 is 11.7 Å². The van der Waals surface area contributed by atoms with Crippen molar-refractivity contribution in [2.45, 2.75) is 13.5 Å². The number of ketones is 1. The molecule has 1 N–H and O–H groups in total. The fourth-order valence-corrected chi connectivity index (χ4v) is 3.85. The Morgan fingerprint density at radius 1 is 0.941 bits per heavy atom. The molecule has 1 amide bonds. The zero-order valence-electron chi connectivity index (χ0n) is 18.3. The highest BCUT2D eigenvalue weighted by Crippen LogP contribution is 2.31. The Morgan fingerprint density at radius 2 is 1.74 bits per heavy atom. The molecule has 5 rings (SSSR count). The van der Waals surface area contributed by atoms with Gasteiger partial charge in [0.1, 0.15) is 0 Å². The molecule has 8 nitrogen and oxygen atoms in total. The molecule has 0 aliphatic carbocycles. The van der Waals surface area contributed by atoms with Crippen LogP contribution in [0.1, 0.15) is 21.7 Å². The van der Waals surface area contributed by atoms with Gasteiger partial charge in [-0.3, -0.25) is 14.6 Å². The summed E-state index contributed by atoms with van der Waals surface area (Å²) in [4.78, 5) is 34.2. The zero-order chi connectivity index (χ0) is 23.5. The van der Waals surface area contributed by atoms with Crippen molar-refractivity contribution < 1.29 is 9.59 Å². The molecule has 0 saturated heterocycles. The summed E-state index contributed by atoms with van der Waals surface area (Å²) < 4.78 is 1.66. The highest BCUT2D eigenvalue weighted by atomic mass is 16.2. The molecule has 8 heteroatoms. The molecule has 0 aliphatic heterocycles. The second kappa shape index (κ2) is 9.03. The van der Waals surface area contributed by atoms with Crippen LogP contribution in [0.25, 0.3) is 22.0 Å². The molecule has 0 unspecified atom stereocenters. The molecule has 34 heavy (non-hydrogen) atoms. The number of hydrogen-bond donors (Lipinski definition) is 1. The van der Waals surface area contributed by atoms with Gasteiger partial charge in [-0.05, 0) is 24.1 Å². The number of fused-ring (bicyclic) bond motifs is 1. The molecule has 0 spiro atoms. The Labute approximate surface area is 195 Å². The predicted molar refractivity (Wildman–Crippen MR) is 128 cm³/mol.